The summed E-state index contributed by atoms with van der Waals surface area (Å²) in [7, 11) is 0. The number of hydrogen-bond donors (Lipinski definition) is 1. The van der Waals surface area contributed by atoms with Crippen molar-refractivity contribution in [1.82, 2.24) is 9.97 Å². The van der Waals surface area contributed by atoms with Gasteiger partial charge in [0.15, 0.2) is 0 Å². The molecule has 2 aromatic rings. The second-order valence-corrected chi connectivity index (χ2v) is 6.41. The lowest BCUT2D eigenvalue weighted by molar-refractivity contribution is 0.886. The molecular weight excluding hydrogens is 266 g/mol. The Bertz CT molecular complexity index is 538. The van der Waals surface area contributed by atoms with E-state index in [9.17, 15) is 0 Å². The Labute approximate surface area is 124 Å². The van der Waals surface area contributed by atoms with E-state index in [-0.39, 0.29) is 0 Å². The number of anilines is 1. The van der Waals surface area contributed by atoms with Gasteiger partial charge in [0.05, 0.1) is 18.4 Å². The Balaban J connectivity index is 1.66. The van der Waals surface area contributed by atoms with Gasteiger partial charge in [0.1, 0.15) is 0 Å². The molecule has 20 heavy (non-hydrogen) atoms. The summed E-state index contributed by atoms with van der Waals surface area (Å²) >= 11 is 2.01. The summed E-state index contributed by atoms with van der Waals surface area (Å²) in [4.78, 5) is 9.74. The first kappa shape index (κ1) is 13.4. The summed E-state index contributed by atoms with van der Waals surface area (Å²) in [6.07, 6.45) is 10.7. The van der Waals surface area contributed by atoms with Gasteiger partial charge in [-0.3, -0.25) is 9.97 Å². The van der Waals surface area contributed by atoms with Gasteiger partial charge in [0.25, 0.3) is 0 Å². The molecule has 1 fully saturated rings. The maximum Gasteiger partial charge on any atom is 0.0777 e. The minimum atomic E-state index is 0.718. The van der Waals surface area contributed by atoms with Gasteiger partial charge in [-0.2, -0.15) is 0 Å². The van der Waals surface area contributed by atoms with Crippen LogP contribution in [0.2, 0.25) is 0 Å². The largest absolute Gasteiger partial charge is 0.378 e. The molecule has 104 valence electrons. The predicted octanol–water partition coefficient (Wildman–Crippen LogP) is 4.12. The smallest absolute Gasteiger partial charge is 0.0777 e. The second kappa shape index (κ2) is 6.75. The van der Waals surface area contributed by atoms with Crippen molar-refractivity contribution < 1.29 is 0 Å². The maximum atomic E-state index is 4.29. The van der Waals surface area contributed by atoms with Crippen molar-refractivity contribution >= 4 is 17.4 Å². The zero-order valence-electron chi connectivity index (χ0n) is 11.5. The molecule has 0 amide bonds. The quantitative estimate of drug-likeness (QED) is 0.896. The van der Waals surface area contributed by atoms with E-state index < -0.39 is 0 Å². The van der Waals surface area contributed by atoms with Crippen LogP contribution in [0.3, 0.4) is 0 Å². The van der Waals surface area contributed by atoms with E-state index in [1.165, 1.54) is 36.3 Å². The Kier molecular flexibility index (Phi) is 4.53. The van der Waals surface area contributed by atoms with Gasteiger partial charge >= 0.3 is 0 Å². The average Bonchev–Trinajstić information content (AvgIpc) is 3.00. The fourth-order valence-electron chi connectivity index (χ4n) is 2.51. The van der Waals surface area contributed by atoms with E-state index in [1.54, 1.807) is 18.6 Å². The Morgan fingerprint density at radius 1 is 1.15 bits per heavy atom. The SMILES string of the molecule is c1ccc(SC2CCCC2)c(NCc2cnccn2)c1. The van der Waals surface area contributed by atoms with Crippen LogP contribution in [0.25, 0.3) is 0 Å². The molecule has 1 aromatic heterocycles. The van der Waals surface area contributed by atoms with Crippen molar-refractivity contribution in [3.63, 3.8) is 0 Å². The van der Waals surface area contributed by atoms with E-state index in [2.05, 4.69) is 39.6 Å². The number of nitrogens with zero attached hydrogens (tertiary/aromatic N) is 2. The molecule has 0 unspecified atom stereocenters. The van der Waals surface area contributed by atoms with E-state index in [1.807, 2.05) is 11.8 Å². The van der Waals surface area contributed by atoms with Crippen molar-refractivity contribution in [1.29, 1.82) is 0 Å². The molecule has 0 aliphatic heterocycles. The highest BCUT2D eigenvalue weighted by Gasteiger charge is 2.17. The number of para-hydroxylation sites is 1. The van der Waals surface area contributed by atoms with Crippen molar-refractivity contribution in [2.75, 3.05) is 5.32 Å². The fraction of sp³-hybridized carbons (Fsp3) is 0.375. The highest BCUT2D eigenvalue weighted by Crippen LogP contribution is 2.38. The minimum absolute atomic E-state index is 0.718. The van der Waals surface area contributed by atoms with Crippen LogP contribution in [0.15, 0.2) is 47.8 Å². The van der Waals surface area contributed by atoms with Gasteiger partial charge < -0.3 is 5.32 Å². The molecule has 0 spiro atoms. The van der Waals surface area contributed by atoms with Crippen LogP contribution < -0.4 is 5.32 Å². The number of thioether (sulfide) groups is 1. The lowest BCUT2D eigenvalue weighted by atomic mass is 10.3. The molecule has 1 aliphatic carbocycles. The summed E-state index contributed by atoms with van der Waals surface area (Å²) in [5, 5.41) is 4.27. The lowest BCUT2D eigenvalue weighted by Crippen LogP contribution is -2.03. The van der Waals surface area contributed by atoms with Crippen molar-refractivity contribution in [3.05, 3.63) is 48.5 Å². The van der Waals surface area contributed by atoms with Crippen LogP contribution in [-0.4, -0.2) is 15.2 Å². The van der Waals surface area contributed by atoms with Crippen LogP contribution in [0.5, 0.6) is 0 Å². The number of benzene rings is 1. The number of aromatic nitrogens is 2. The van der Waals surface area contributed by atoms with E-state index in [4.69, 9.17) is 0 Å². The summed E-state index contributed by atoms with van der Waals surface area (Å²) in [6, 6.07) is 8.55. The van der Waals surface area contributed by atoms with Gasteiger partial charge in [-0.25, -0.2) is 0 Å². The Morgan fingerprint density at radius 2 is 2.00 bits per heavy atom. The molecule has 1 N–H and O–H groups in total. The number of nitrogens with one attached hydrogen (secondary N) is 1. The van der Waals surface area contributed by atoms with E-state index in [0.29, 0.717) is 0 Å². The molecule has 4 heteroatoms. The van der Waals surface area contributed by atoms with E-state index in [0.717, 1.165) is 17.5 Å². The zero-order chi connectivity index (χ0) is 13.6. The molecule has 0 radical (unpaired) electrons. The first-order chi connectivity index (χ1) is 9.92. The summed E-state index contributed by atoms with van der Waals surface area (Å²) in [5.74, 6) is 0. The summed E-state index contributed by atoms with van der Waals surface area (Å²) in [5.41, 5.74) is 2.17. The normalized spacial score (nSPS) is 15.4. The first-order valence-electron chi connectivity index (χ1n) is 7.16. The Hall–Kier alpha value is -1.55. The predicted molar refractivity (Wildman–Crippen MR) is 83.9 cm³/mol. The van der Waals surface area contributed by atoms with Crippen molar-refractivity contribution in [3.8, 4) is 0 Å². The second-order valence-electron chi connectivity index (χ2n) is 5.07. The highest BCUT2D eigenvalue weighted by molar-refractivity contribution is 8.00. The van der Waals surface area contributed by atoms with Crippen LogP contribution in [0.1, 0.15) is 31.4 Å². The molecule has 0 atom stereocenters. The molecule has 3 rings (SSSR count). The van der Waals surface area contributed by atoms with Gasteiger partial charge in [-0.1, -0.05) is 25.0 Å². The highest BCUT2D eigenvalue weighted by atomic mass is 32.2. The summed E-state index contributed by atoms with van der Waals surface area (Å²) < 4.78 is 0. The van der Waals surface area contributed by atoms with Gasteiger partial charge in [0, 0.05) is 28.2 Å². The number of rotatable bonds is 5. The maximum absolute atomic E-state index is 4.29. The third-order valence-corrected chi connectivity index (χ3v) is 4.97. The molecule has 0 bridgehead atoms. The van der Waals surface area contributed by atoms with Crippen LogP contribution in [-0.2, 0) is 6.54 Å². The average molecular weight is 285 g/mol. The standard InChI is InChI=1S/C16H19N3S/c1-2-6-14(5-1)20-16-8-4-3-7-15(16)19-12-13-11-17-9-10-18-13/h3-4,7-11,14,19H,1-2,5-6,12H2. The Morgan fingerprint density at radius 3 is 2.80 bits per heavy atom. The zero-order valence-corrected chi connectivity index (χ0v) is 12.3. The first-order valence-corrected chi connectivity index (χ1v) is 8.04. The molecule has 3 nitrogen and oxygen atoms in total. The summed E-state index contributed by atoms with van der Waals surface area (Å²) in [6.45, 7) is 0.718. The van der Waals surface area contributed by atoms with Crippen LogP contribution in [0, 0.1) is 0 Å². The van der Waals surface area contributed by atoms with Crippen LogP contribution in [0.4, 0.5) is 5.69 Å². The molecule has 1 heterocycles. The number of hydrogen-bond acceptors (Lipinski definition) is 4. The van der Waals surface area contributed by atoms with Crippen molar-refractivity contribution in [2.45, 2.75) is 42.4 Å². The topological polar surface area (TPSA) is 37.8 Å². The van der Waals surface area contributed by atoms with Crippen molar-refractivity contribution in [2.24, 2.45) is 0 Å². The third kappa shape index (κ3) is 3.51. The molecule has 1 saturated carbocycles. The van der Waals surface area contributed by atoms with Gasteiger partial charge in [-0.05, 0) is 25.0 Å². The fourth-order valence-corrected chi connectivity index (χ4v) is 3.86. The van der Waals surface area contributed by atoms with Crippen LogP contribution >= 0.6 is 11.8 Å². The molecular formula is C16H19N3S. The minimum Gasteiger partial charge on any atom is -0.378 e. The van der Waals surface area contributed by atoms with Gasteiger partial charge in [-0.15, -0.1) is 11.8 Å². The van der Waals surface area contributed by atoms with Gasteiger partial charge in [0.2, 0.25) is 0 Å². The molecule has 1 aromatic carbocycles. The molecule has 1 aliphatic rings. The van der Waals surface area contributed by atoms with E-state index >= 15 is 0 Å². The lowest BCUT2D eigenvalue weighted by Gasteiger charge is -2.14. The monoisotopic (exact) mass is 285 g/mol. The molecule has 0 saturated heterocycles. The third-order valence-electron chi connectivity index (χ3n) is 3.56.